The van der Waals surface area contributed by atoms with E-state index < -0.39 is 17.0 Å². The molecule has 1 N–H and O–H groups in total. The van der Waals surface area contributed by atoms with Gasteiger partial charge in [-0.1, -0.05) is 29.8 Å². The molecule has 0 amide bonds. The minimum Gasteiger partial charge on any atom is -0.451 e. The summed E-state index contributed by atoms with van der Waals surface area (Å²) in [5.41, 5.74) is 1.43. The van der Waals surface area contributed by atoms with E-state index in [2.05, 4.69) is 5.32 Å². The van der Waals surface area contributed by atoms with Gasteiger partial charge in [0.05, 0.1) is 17.1 Å². The predicted octanol–water partition coefficient (Wildman–Crippen LogP) is 3.39. The van der Waals surface area contributed by atoms with E-state index >= 15 is 0 Å². The number of esters is 1. The summed E-state index contributed by atoms with van der Waals surface area (Å²) in [4.78, 5) is 35.5. The average Bonchev–Trinajstić information content (AvgIpc) is 2.68. The maximum absolute atomic E-state index is 12.4. The van der Waals surface area contributed by atoms with Gasteiger partial charge in [0, 0.05) is 25.3 Å². The summed E-state index contributed by atoms with van der Waals surface area (Å²) < 4.78 is 10.1. The third-order valence-electron chi connectivity index (χ3n) is 4.04. The summed E-state index contributed by atoms with van der Waals surface area (Å²) in [6.45, 7) is 4.12. The number of benzene rings is 2. The number of ether oxygens (including phenoxy) is 2. The third-order valence-corrected chi connectivity index (χ3v) is 4.04. The van der Waals surface area contributed by atoms with E-state index in [0.29, 0.717) is 18.7 Å². The first-order valence-corrected chi connectivity index (χ1v) is 8.66. The fourth-order valence-corrected chi connectivity index (χ4v) is 2.48. The normalized spacial score (nSPS) is 11.5. The van der Waals surface area contributed by atoms with Crippen molar-refractivity contribution in [3.63, 3.8) is 0 Å². The van der Waals surface area contributed by atoms with Crippen LogP contribution in [0.3, 0.4) is 0 Å². The van der Waals surface area contributed by atoms with Crippen LogP contribution < -0.4 is 5.32 Å². The van der Waals surface area contributed by atoms with Crippen LogP contribution in [-0.2, 0) is 9.47 Å². The van der Waals surface area contributed by atoms with Crippen LogP contribution in [0.15, 0.2) is 42.5 Å². The molecule has 148 valence electrons. The van der Waals surface area contributed by atoms with Gasteiger partial charge in [-0.25, -0.2) is 4.79 Å². The van der Waals surface area contributed by atoms with Crippen LogP contribution in [0.4, 0.5) is 11.4 Å². The summed E-state index contributed by atoms with van der Waals surface area (Å²) >= 11 is 0. The van der Waals surface area contributed by atoms with Crippen molar-refractivity contribution in [2.75, 3.05) is 25.6 Å². The second kappa shape index (κ2) is 9.61. The van der Waals surface area contributed by atoms with Crippen molar-refractivity contribution in [3.05, 3.63) is 69.3 Å². The van der Waals surface area contributed by atoms with Gasteiger partial charge in [0.15, 0.2) is 6.10 Å². The van der Waals surface area contributed by atoms with Gasteiger partial charge in [0.25, 0.3) is 5.69 Å². The van der Waals surface area contributed by atoms with E-state index in [1.165, 1.54) is 26.2 Å². The topological polar surface area (TPSA) is 108 Å². The van der Waals surface area contributed by atoms with E-state index in [9.17, 15) is 19.7 Å². The molecule has 0 saturated heterocycles. The largest absolute Gasteiger partial charge is 0.451 e. The Kier molecular flexibility index (Phi) is 7.22. The Labute approximate surface area is 162 Å². The number of nitro benzene ring substituents is 1. The molecule has 2 aromatic rings. The summed E-state index contributed by atoms with van der Waals surface area (Å²) in [6, 6.07) is 10.9. The first-order valence-electron chi connectivity index (χ1n) is 8.66. The quantitative estimate of drug-likeness (QED) is 0.231. The number of aryl methyl sites for hydroxylation is 1. The Morgan fingerprint density at radius 3 is 2.39 bits per heavy atom. The first kappa shape index (κ1) is 21.0. The molecule has 0 saturated carbocycles. The molecule has 0 radical (unpaired) electrons. The van der Waals surface area contributed by atoms with Crippen LogP contribution in [0.2, 0.25) is 0 Å². The number of carbonyl (C=O) groups is 2. The molecule has 2 aromatic carbocycles. The molecule has 8 heteroatoms. The molecule has 8 nitrogen and oxygen atoms in total. The van der Waals surface area contributed by atoms with E-state index in [1.807, 2.05) is 6.92 Å². The fraction of sp³-hybridized carbons (Fsp3) is 0.300. The van der Waals surface area contributed by atoms with Crippen molar-refractivity contribution in [2.24, 2.45) is 0 Å². The molecule has 0 aromatic heterocycles. The maximum atomic E-state index is 12.4. The van der Waals surface area contributed by atoms with Crippen molar-refractivity contribution in [1.29, 1.82) is 0 Å². The molecule has 2 rings (SSSR count). The average molecular weight is 386 g/mol. The van der Waals surface area contributed by atoms with Crippen molar-refractivity contribution >= 4 is 23.1 Å². The Bertz CT molecular complexity index is 863. The number of carbonyl (C=O) groups excluding carboxylic acids is 2. The molecule has 0 unspecified atom stereocenters. The van der Waals surface area contributed by atoms with Gasteiger partial charge in [-0.2, -0.15) is 0 Å². The molecule has 0 spiro atoms. The SMILES string of the molecule is COCCNc1ccc(C(=O)O[C@@H](C)C(=O)c2ccc(C)cc2)cc1[N+](=O)[O-]. The molecule has 1 atom stereocenters. The number of hydrogen-bond acceptors (Lipinski definition) is 7. The zero-order valence-corrected chi connectivity index (χ0v) is 15.9. The van der Waals surface area contributed by atoms with Gasteiger partial charge in [0.1, 0.15) is 5.69 Å². The standard InChI is InChI=1S/C20H22N2O6/c1-13-4-6-15(7-5-13)19(23)14(2)28-20(24)16-8-9-17(21-10-11-27-3)18(12-16)22(25)26/h4-9,12,14,21H,10-11H2,1-3H3/t14-/m0/s1. The predicted molar refractivity (Wildman–Crippen MR) is 104 cm³/mol. The van der Waals surface area contributed by atoms with Crippen LogP contribution >= 0.6 is 0 Å². The van der Waals surface area contributed by atoms with E-state index in [-0.39, 0.29) is 22.7 Å². The van der Waals surface area contributed by atoms with Crippen molar-refractivity contribution in [2.45, 2.75) is 20.0 Å². The number of nitrogens with zero attached hydrogens (tertiary/aromatic N) is 1. The first-order chi connectivity index (χ1) is 13.3. The minimum atomic E-state index is -1.02. The van der Waals surface area contributed by atoms with Crippen molar-refractivity contribution in [1.82, 2.24) is 0 Å². The van der Waals surface area contributed by atoms with Crippen molar-refractivity contribution < 1.29 is 24.0 Å². The Hall–Kier alpha value is -3.26. The fourth-order valence-electron chi connectivity index (χ4n) is 2.48. The summed E-state index contributed by atoms with van der Waals surface area (Å²) in [7, 11) is 1.52. The zero-order chi connectivity index (χ0) is 20.7. The van der Waals surface area contributed by atoms with Crippen LogP contribution in [0.1, 0.15) is 33.2 Å². The molecular formula is C20H22N2O6. The highest BCUT2D eigenvalue weighted by Crippen LogP contribution is 2.26. The Morgan fingerprint density at radius 1 is 1.14 bits per heavy atom. The molecule has 0 fully saturated rings. The summed E-state index contributed by atoms with van der Waals surface area (Å²) in [5, 5.41) is 14.2. The van der Waals surface area contributed by atoms with Crippen LogP contribution in [0.5, 0.6) is 0 Å². The second-order valence-electron chi connectivity index (χ2n) is 6.19. The Morgan fingerprint density at radius 2 is 1.79 bits per heavy atom. The molecule has 0 bridgehead atoms. The van der Waals surface area contributed by atoms with Gasteiger partial charge in [-0.3, -0.25) is 14.9 Å². The molecular weight excluding hydrogens is 364 g/mol. The number of nitro groups is 1. The molecule has 28 heavy (non-hydrogen) atoms. The highest BCUT2D eigenvalue weighted by molar-refractivity contribution is 6.01. The number of hydrogen-bond donors (Lipinski definition) is 1. The third kappa shape index (κ3) is 5.37. The van der Waals surface area contributed by atoms with E-state index in [4.69, 9.17) is 9.47 Å². The molecule has 0 aliphatic carbocycles. The number of methoxy groups -OCH3 is 1. The van der Waals surface area contributed by atoms with Crippen LogP contribution in [0.25, 0.3) is 0 Å². The molecule has 0 heterocycles. The maximum Gasteiger partial charge on any atom is 0.339 e. The smallest absolute Gasteiger partial charge is 0.339 e. The molecule has 0 aliphatic rings. The summed E-state index contributed by atoms with van der Waals surface area (Å²) in [6.07, 6.45) is -1.02. The van der Waals surface area contributed by atoms with Gasteiger partial charge in [-0.15, -0.1) is 0 Å². The van der Waals surface area contributed by atoms with Crippen molar-refractivity contribution in [3.8, 4) is 0 Å². The number of Topliss-reactive ketones (excluding diaryl/α,β-unsaturated/α-hetero) is 1. The van der Waals surface area contributed by atoms with Gasteiger partial charge >= 0.3 is 5.97 Å². The molecule has 0 aliphatic heterocycles. The Balaban J connectivity index is 2.12. The zero-order valence-electron chi connectivity index (χ0n) is 15.9. The van der Waals surface area contributed by atoms with E-state index in [0.717, 1.165) is 11.6 Å². The monoisotopic (exact) mass is 386 g/mol. The number of ketones is 1. The highest BCUT2D eigenvalue weighted by Gasteiger charge is 2.23. The van der Waals surface area contributed by atoms with Gasteiger partial charge in [-0.05, 0) is 26.0 Å². The highest BCUT2D eigenvalue weighted by atomic mass is 16.6. The number of rotatable bonds is 9. The second-order valence-corrected chi connectivity index (χ2v) is 6.19. The minimum absolute atomic E-state index is 0.00690. The lowest BCUT2D eigenvalue weighted by atomic mass is 10.1. The van der Waals surface area contributed by atoms with Crippen LogP contribution in [-0.4, -0.2) is 43.0 Å². The van der Waals surface area contributed by atoms with Gasteiger partial charge < -0.3 is 14.8 Å². The lowest BCUT2D eigenvalue weighted by Gasteiger charge is -2.13. The lowest BCUT2D eigenvalue weighted by molar-refractivity contribution is -0.384. The van der Waals surface area contributed by atoms with E-state index in [1.54, 1.807) is 24.3 Å². The lowest BCUT2D eigenvalue weighted by Crippen LogP contribution is -2.24. The van der Waals surface area contributed by atoms with Crippen LogP contribution in [0, 0.1) is 17.0 Å². The van der Waals surface area contributed by atoms with Gasteiger partial charge in [0.2, 0.25) is 5.78 Å². The number of nitrogens with one attached hydrogen (secondary N) is 1. The number of anilines is 1. The summed E-state index contributed by atoms with van der Waals surface area (Å²) in [5.74, 6) is -1.15.